The number of nitrogens with one attached hydrogen (secondary N) is 1. The van der Waals surface area contributed by atoms with Crippen LogP contribution in [0, 0.1) is 5.92 Å². The van der Waals surface area contributed by atoms with Crippen molar-refractivity contribution >= 4 is 10.9 Å². The Morgan fingerprint density at radius 2 is 2.06 bits per heavy atom. The van der Waals surface area contributed by atoms with Gasteiger partial charge in [-0.25, -0.2) is 4.98 Å². The maximum absolute atomic E-state index is 12.8. The molecule has 1 saturated carbocycles. The van der Waals surface area contributed by atoms with E-state index in [9.17, 15) is 10.2 Å². The van der Waals surface area contributed by atoms with E-state index in [1.807, 2.05) is 18.2 Å². The predicted octanol–water partition coefficient (Wildman–Crippen LogP) is 2.23. The van der Waals surface area contributed by atoms with Gasteiger partial charge < -0.3 is 24.6 Å². The third-order valence-electron chi connectivity index (χ3n) is 9.55. The van der Waals surface area contributed by atoms with Gasteiger partial charge in [-0.05, 0) is 54.3 Å². The molecule has 8 rings (SSSR count). The number of rotatable bonds is 3. The van der Waals surface area contributed by atoms with Gasteiger partial charge in [0.1, 0.15) is 17.4 Å². The number of pyridine rings is 1. The molecule has 3 aliphatic carbocycles. The summed E-state index contributed by atoms with van der Waals surface area (Å²) in [6, 6.07) is 12.0. The van der Waals surface area contributed by atoms with Gasteiger partial charge in [-0.2, -0.15) is 0 Å². The maximum atomic E-state index is 12.8. The summed E-state index contributed by atoms with van der Waals surface area (Å²) in [6.07, 6.45) is 4.48. The van der Waals surface area contributed by atoms with E-state index in [1.54, 1.807) is 18.1 Å². The molecular weight excluding hydrogens is 428 g/mol. The number of piperidine rings is 1. The minimum atomic E-state index is -0.937. The Morgan fingerprint density at radius 3 is 2.88 bits per heavy atom. The molecule has 3 N–H and O–H groups in total. The predicted molar refractivity (Wildman–Crippen MR) is 126 cm³/mol. The van der Waals surface area contributed by atoms with Gasteiger partial charge >= 0.3 is 0 Å². The minimum Gasteiger partial charge on any atom is -0.504 e. The van der Waals surface area contributed by atoms with Crippen LogP contribution in [-0.4, -0.2) is 47.0 Å². The first-order valence-electron chi connectivity index (χ1n) is 12.6. The fourth-order valence-electron chi connectivity index (χ4n) is 7.88. The zero-order valence-corrected chi connectivity index (χ0v) is 19.3. The summed E-state index contributed by atoms with van der Waals surface area (Å²) >= 11 is 0. The summed E-state index contributed by atoms with van der Waals surface area (Å²) in [5, 5.41) is 24.6. The van der Waals surface area contributed by atoms with Gasteiger partial charge in [0.05, 0.1) is 36.8 Å². The summed E-state index contributed by atoms with van der Waals surface area (Å²) in [6.45, 7) is 2.17. The first-order valence-corrected chi connectivity index (χ1v) is 12.6. The molecule has 2 fully saturated rings. The Kier molecular flexibility index (Phi) is 3.57. The number of aromatic hydroxyl groups is 1. The average Bonchev–Trinajstić information content (AvgIpc) is 3.57. The van der Waals surface area contributed by atoms with Crippen LogP contribution in [0.2, 0.25) is 0 Å². The van der Waals surface area contributed by atoms with Crippen LogP contribution >= 0.6 is 0 Å². The molecule has 3 heterocycles. The van der Waals surface area contributed by atoms with E-state index in [0.29, 0.717) is 12.2 Å². The van der Waals surface area contributed by atoms with Crippen LogP contribution in [0.1, 0.15) is 47.8 Å². The van der Waals surface area contributed by atoms with Crippen LogP contribution in [0.25, 0.3) is 10.9 Å². The second kappa shape index (κ2) is 6.23. The number of aliphatic hydroxyl groups is 1. The van der Waals surface area contributed by atoms with Crippen molar-refractivity contribution in [1.29, 1.82) is 0 Å². The van der Waals surface area contributed by atoms with Crippen molar-refractivity contribution in [3.63, 3.8) is 0 Å². The fraction of sp³-hybridized carbons (Fsp3) is 0.464. The third kappa shape index (κ3) is 2.22. The van der Waals surface area contributed by atoms with E-state index in [2.05, 4.69) is 12.1 Å². The highest BCUT2D eigenvalue weighted by Crippen LogP contribution is 2.67. The molecule has 0 amide bonds. The number of hydrogen-bond donors (Lipinski definition) is 3. The van der Waals surface area contributed by atoms with Crippen LogP contribution in [0.3, 0.4) is 0 Å². The quantitative estimate of drug-likeness (QED) is 0.563. The molecule has 2 bridgehead atoms. The molecule has 6 heteroatoms. The standard InChI is InChI=1S/C28H28N2O4/c1-33-19-5-6-20-17(11-19)10-18-13-28(32)22-12-16-4-7-21(31)25-23(16)27(28,26(34-25)24(18)29-20)8-9-30(22)14-15-2-3-15/h4-7,10-11,15,22,26,31-32H,2-3,8-9,12-14H2,1H3/p+1/t22-,26?,27+,28-/m1/s1. The van der Waals surface area contributed by atoms with E-state index in [-0.39, 0.29) is 17.9 Å². The number of likely N-dealkylation sites (tertiary alicyclic amines) is 1. The zero-order chi connectivity index (χ0) is 22.8. The number of benzene rings is 2. The fourth-order valence-corrected chi connectivity index (χ4v) is 7.88. The van der Waals surface area contributed by atoms with E-state index in [4.69, 9.17) is 14.5 Å². The normalized spacial score (nSPS) is 34.4. The maximum Gasteiger partial charge on any atom is 0.166 e. The number of hydrogen-bond acceptors (Lipinski definition) is 5. The second-order valence-electron chi connectivity index (χ2n) is 11.2. The van der Waals surface area contributed by atoms with Gasteiger partial charge in [-0.3, -0.25) is 0 Å². The minimum absolute atomic E-state index is 0.116. The summed E-state index contributed by atoms with van der Waals surface area (Å²) < 4.78 is 12.1. The van der Waals surface area contributed by atoms with Crippen LogP contribution in [-0.2, 0) is 18.3 Å². The van der Waals surface area contributed by atoms with Gasteiger partial charge in [0, 0.05) is 36.1 Å². The highest BCUT2D eigenvalue weighted by molar-refractivity contribution is 5.82. The molecule has 6 nitrogen and oxygen atoms in total. The SMILES string of the molecule is COc1ccc2nc3c(cc2c1)C[C@@]1(O)[C@H]2Cc4ccc(O)c5c4[C@@]1(CC[NH+]2CC1CC1)C3O5. The van der Waals surface area contributed by atoms with Crippen LogP contribution in [0.4, 0.5) is 0 Å². The Balaban J connectivity index is 1.38. The number of quaternary nitrogens is 1. The van der Waals surface area contributed by atoms with E-state index in [1.165, 1.54) is 18.4 Å². The first-order chi connectivity index (χ1) is 16.5. The van der Waals surface area contributed by atoms with Crippen molar-refractivity contribution in [3.05, 3.63) is 58.8 Å². The van der Waals surface area contributed by atoms with Crippen molar-refractivity contribution in [1.82, 2.24) is 4.98 Å². The number of methoxy groups -OCH3 is 1. The largest absolute Gasteiger partial charge is 0.504 e. The van der Waals surface area contributed by atoms with E-state index >= 15 is 0 Å². The van der Waals surface area contributed by atoms with Gasteiger partial charge in [-0.15, -0.1) is 0 Å². The molecule has 2 aliphatic heterocycles. The Hall–Kier alpha value is -2.83. The van der Waals surface area contributed by atoms with Crippen LogP contribution in [0.5, 0.6) is 17.2 Å². The Bertz CT molecular complexity index is 1380. The van der Waals surface area contributed by atoms with Crippen molar-refractivity contribution in [3.8, 4) is 17.2 Å². The highest BCUT2D eigenvalue weighted by atomic mass is 16.5. The molecular formula is C28H29N2O4+. The molecule has 174 valence electrons. The number of fused-ring (bicyclic) bond motifs is 3. The molecule has 1 spiro atoms. The lowest BCUT2D eigenvalue weighted by atomic mass is 9.49. The molecule has 34 heavy (non-hydrogen) atoms. The van der Waals surface area contributed by atoms with Crippen molar-refractivity contribution in [2.45, 2.75) is 55.3 Å². The van der Waals surface area contributed by atoms with Gasteiger partial charge in [-0.1, -0.05) is 6.07 Å². The highest BCUT2D eigenvalue weighted by Gasteiger charge is 2.74. The number of nitrogens with zero attached hydrogens (tertiary/aromatic N) is 1. The van der Waals surface area contributed by atoms with Gasteiger partial charge in [0.25, 0.3) is 0 Å². The van der Waals surface area contributed by atoms with E-state index in [0.717, 1.165) is 65.3 Å². The zero-order valence-electron chi connectivity index (χ0n) is 19.3. The molecule has 5 atom stereocenters. The van der Waals surface area contributed by atoms with Gasteiger partial charge in [0.15, 0.2) is 17.6 Å². The topological polar surface area (TPSA) is 76.2 Å². The number of aromatic nitrogens is 1. The number of phenolic OH excluding ortho intramolecular Hbond substituents is 1. The summed E-state index contributed by atoms with van der Waals surface area (Å²) in [4.78, 5) is 6.65. The summed E-state index contributed by atoms with van der Waals surface area (Å²) in [5.41, 5.74) is 3.64. The average molecular weight is 458 g/mol. The molecule has 1 saturated heterocycles. The first kappa shape index (κ1) is 19.5. The summed E-state index contributed by atoms with van der Waals surface area (Å²) in [7, 11) is 1.67. The lowest BCUT2D eigenvalue weighted by Gasteiger charge is -2.60. The monoisotopic (exact) mass is 457 g/mol. The number of ether oxygens (including phenoxy) is 2. The molecule has 3 aromatic rings. The Labute approximate surface area is 198 Å². The third-order valence-corrected chi connectivity index (χ3v) is 9.55. The molecule has 2 aromatic carbocycles. The smallest absolute Gasteiger partial charge is 0.166 e. The lowest BCUT2D eigenvalue weighted by Crippen LogP contribution is -3.21. The van der Waals surface area contributed by atoms with E-state index < -0.39 is 11.0 Å². The van der Waals surface area contributed by atoms with Crippen LogP contribution < -0.4 is 14.4 Å². The molecule has 2 unspecified atom stereocenters. The summed E-state index contributed by atoms with van der Waals surface area (Å²) in [5.74, 6) is 2.33. The van der Waals surface area contributed by atoms with Crippen LogP contribution in [0.15, 0.2) is 36.4 Å². The molecule has 5 aliphatic rings. The Morgan fingerprint density at radius 1 is 1.18 bits per heavy atom. The molecule has 1 aromatic heterocycles. The lowest BCUT2D eigenvalue weighted by molar-refractivity contribution is -0.943. The second-order valence-corrected chi connectivity index (χ2v) is 11.2. The van der Waals surface area contributed by atoms with Gasteiger partial charge in [0.2, 0.25) is 0 Å². The van der Waals surface area contributed by atoms with Crippen molar-refractivity contribution in [2.75, 3.05) is 20.2 Å². The van der Waals surface area contributed by atoms with Crippen molar-refractivity contribution in [2.24, 2.45) is 5.92 Å². The van der Waals surface area contributed by atoms with Crippen molar-refractivity contribution < 1.29 is 24.6 Å². The molecule has 0 radical (unpaired) electrons. The number of phenols is 1.